The fourth-order valence-corrected chi connectivity index (χ4v) is 1.88. The molecule has 2 aromatic rings. The molecule has 2 N–H and O–H groups in total. The minimum atomic E-state index is -1.15. The van der Waals surface area contributed by atoms with Gasteiger partial charge in [0, 0.05) is 30.4 Å². The maximum atomic E-state index is 11.0. The second-order valence-electron chi connectivity index (χ2n) is 4.00. The Balaban J connectivity index is 2.26. The lowest BCUT2D eigenvalue weighted by Crippen LogP contribution is -2.28. The molecule has 0 spiro atoms. The number of ether oxygens (including phenoxy) is 1. The minimum absolute atomic E-state index is 0.152. The highest BCUT2D eigenvalue weighted by Crippen LogP contribution is 2.19. The molecule has 1 atom stereocenters. The number of H-pyrrole nitrogens is 1. The average Bonchev–Trinajstić information content (AvgIpc) is 2.71. The van der Waals surface area contributed by atoms with Crippen LogP contribution in [0.1, 0.15) is 12.5 Å². The van der Waals surface area contributed by atoms with Gasteiger partial charge >= 0.3 is 11.9 Å². The molecule has 0 saturated heterocycles. The topological polar surface area (TPSA) is 79.4 Å². The lowest BCUT2D eigenvalue weighted by Gasteiger charge is -2.11. The number of benzene rings is 1. The van der Waals surface area contributed by atoms with Crippen molar-refractivity contribution in [2.24, 2.45) is 0 Å². The Bertz CT molecular complexity index is 587. The SMILES string of the molecule is CC(=O)OC(Cc1c[nH]c2ccccc12)C(=O)O. The number of hydrogen-bond donors (Lipinski definition) is 2. The third-order valence-corrected chi connectivity index (χ3v) is 2.66. The van der Waals surface area contributed by atoms with E-state index in [0.717, 1.165) is 16.5 Å². The Kier molecular flexibility index (Phi) is 3.32. The zero-order chi connectivity index (χ0) is 13.1. The first-order valence-electron chi connectivity index (χ1n) is 5.53. The zero-order valence-corrected chi connectivity index (χ0v) is 9.84. The third kappa shape index (κ3) is 2.51. The summed E-state index contributed by atoms with van der Waals surface area (Å²) in [7, 11) is 0. The molecule has 94 valence electrons. The third-order valence-electron chi connectivity index (χ3n) is 2.66. The van der Waals surface area contributed by atoms with Gasteiger partial charge in [-0.2, -0.15) is 0 Å². The molecule has 0 radical (unpaired) electrons. The number of hydrogen-bond acceptors (Lipinski definition) is 3. The van der Waals surface area contributed by atoms with Crippen LogP contribution >= 0.6 is 0 Å². The number of carboxylic acids is 1. The van der Waals surface area contributed by atoms with Gasteiger partial charge in [-0.15, -0.1) is 0 Å². The van der Waals surface area contributed by atoms with Crippen LogP contribution in [0, 0.1) is 0 Å². The van der Waals surface area contributed by atoms with Crippen LogP contribution in [0.4, 0.5) is 0 Å². The van der Waals surface area contributed by atoms with Crippen molar-refractivity contribution in [3.63, 3.8) is 0 Å². The molecule has 2 rings (SSSR count). The van der Waals surface area contributed by atoms with E-state index in [1.165, 1.54) is 6.92 Å². The second kappa shape index (κ2) is 4.91. The minimum Gasteiger partial charge on any atom is -0.478 e. The van der Waals surface area contributed by atoms with Crippen LogP contribution < -0.4 is 0 Å². The molecule has 0 aliphatic carbocycles. The molecule has 5 nitrogen and oxygen atoms in total. The Morgan fingerprint density at radius 2 is 2.11 bits per heavy atom. The molecule has 0 fully saturated rings. The first kappa shape index (κ1) is 12.2. The molecule has 1 heterocycles. The van der Waals surface area contributed by atoms with Crippen molar-refractivity contribution in [3.8, 4) is 0 Å². The van der Waals surface area contributed by atoms with Crippen LogP contribution in [0.2, 0.25) is 0 Å². The fraction of sp³-hybridized carbons (Fsp3) is 0.231. The molecule has 0 saturated carbocycles. The van der Waals surface area contributed by atoms with Crippen LogP contribution in [0.5, 0.6) is 0 Å². The Hall–Kier alpha value is -2.30. The van der Waals surface area contributed by atoms with Gasteiger partial charge in [-0.25, -0.2) is 4.79 Å². The zero-order valence-electron chi connectivity index (χ0n) is 9.84. The van der Waals surface area contributed by atoms with E-state index in [2.05, 4.69) is 4.98 Å². The first-order chi connectivity index (χ1) is 8.58. The standard InChI is InChI=1S/C13H13NO4/c1-8(15)18-12(13(16)17)6-9-7-14-11-5-3-2-4-10(9)11/h2-5,7,12,14H,6H2,1H3,(H,16,17). The molecule has 0 amide bonds. The number of fused-ring (bicyclic) bond motifs is 1. The maximum Gasteiger partial charge on any atom is 0.345 e. The van der Waals surface area contributed by atoms with Crippen LogP contribution in [0.3, 0.4) is 0 Å². The van der Waals surface area contributed by atoms with E-state index < -0.39 is 18.0 Å². The first-order valence-corrected chi connectivity index (χ1v) is 5.53. The smallest absolute Gasteiger partial charge is 0.345 e. The van der Waals surface area contributed by atoms with Crippen LogP contribution in [-0.4, -0.2) is 28.1 Å². The lowest BCUT2D eigenvalue weighted by atomic mass is 10.1. The molecule has 18 heavy (non-hydrogen) atoms. The molecule has 1 aromatic carbocycles. The fourth-order valence-electron chi connectivity index (χ4n) is 1.88. The number of carboxylic acid groups (broad SMARTS) is 1. The maximum absolute atomic E-state index is 11.0. The number of carbonyl (C=O) groups excluding carboxylic acids is 1. The summed E-state index contributed by atoms with van der Waals surface area (Å²) in [5.41, 5.74) is 1.75. The summed E-state index contributed by atoms with van der Waals surface area (Å²) >= 11 is 0. The van der Waals surface area contributed by atoms with Gasteiger partial charge in [0.2, 0.25) is 6.10 Å². The van der Waals surface area contributed by atoms with Crippen molar-refractivity contribution < 1.29 is 19.4 Å². The number of aromatic amines is 1. The van der Waals surface area contributed by atoms with E-state index in [1.54, 1.807) is 6.20 Å². The number of aliphatic carboxylic acids is 1. The van der Waals surface area contributed by atoms with Gasteiger partial charge in [0.1, 0.15) is 0 Å². The van der Waals surface area contributed by atoms with Gasteiger partial charge < -0.3 is 14.8 Å². The van der Waals surface area contributed by atoms with Crippen LogP contribution in [-0.2, 0) is 20.7 Å². The monoisotopic (exact) mass is 247 g/mol. The van der Waals surface area contributed by atoms with Crippen molar-refractivity contribution in [2.45, 2.75) is 19.4 Å². The van der Waals surface area contributed by atoms with Gasteiger partial charge in [-0.3, -0.25) is 4.79 Å². The molecule has 0 bridgehead atoms. The van der Waals surface area contributed by atoms with E-state index >= 15 is 0 Å². The van der Waals surface area contributed by atoms with E-state index in [4.69, 9.17) is 9.84 Å². The van der Waals surface area contributed by atoms with Gasteiger partial charge in [0.25, 0.3) is 0 Å². The summed E-state index contributed by atoms with van der Waals surface area (Å²) in [5, 5.41) is 9.95. The molecule has 1 aromatic heterocycles. The molecule has 1 unspecified atom stereocenters. The summed E-state index contributed by atoms with van der Waals surface area (Å²) < 4.78 is 4.78. The number of para-hydroxylation sites is 1. The summed E-state index contributed by atoms with van der Waals surface area (Å²) in [6, 6.07) is 7.57. The Morgan fingerprint density at radius 1 is 1.39 bits per heavy atom. The van der Waals surface area contributed by atoms with E-state index in [1.807, 2.05) is 24.3 Å². The van der Waals surface area contributed by atoms with Crippen molar-refractivity contribution in [3.05, 3.63) is 36.0 Å². The largest absolute Gasteiger partial charge is 0.478 e. The van der Waals surface area contributed by atoms with Crippen LogP contribution in [0.15, 0.2) is 30.5 Å². The number of esters is 1. The summed E-state index contributed by atoms with van der Waals surface area (Å²) in [5.74, 6) is -1.74. The summed E-state index contributed by atoms with van der Waals surface area (Å²) in [6.07, 6.45) is 0.741. The highest BCUT2D eigenvalue weighted by atomic mass is 16.6. The highest BCUT2D eigenvalue weighted by Gasteiger charge is 2.22. The van der Waals surface area contributed by atoms with E-state index in [9.17, 15) is 9.59 Å². The van der Waals surface area contributed by atoms with Gasteiger partial charge in [0.05, 0.1) is 0 Å². The van der Waals surface area contributed by atoms with Crippen molar-refractivity contribution in [1.82, 2.24) is 4.98 Å². The number of nitrogens with one attached hydrogen (secondary N) is 1. The molecular weight excluding hydrogens is 234 g/mol. The molecule has 0 aliphatic heterocycles. The molecular formula is C13H13NO4. The second-order valence-corrected chi connectivity index (χ2v) is 4.00. The predicted octanol–water partition coefficient (Wildman–Crippen LogP) is 1.73. The average molecular weight is 247 g/mol. The van der Waals surface area contributed by atoms with Crippen LogP contribution in [0.25, 0.3) is 10.9 Å². The van der Waals surface area contributed by atoms with Gasteiger partial charge in [-0.05, 0) is 11.6 Å². The van der Waals surface area contributed by atoms with Gasteiger partial charge in [0.15, 0.2) is 0 Å². The summed E-state index contributed by atoms with van der Waals surface area (Å²) in [4.78, 5) is 24.9. The number of aromatic nitrogens is 1. The quantitative estimate of drug-likeness (QED) is 0.806. The molecule has 5 heteroatoms. The van der Waals surface area contributed by atoms with Crippen molar-refractivity contribution in [1.29, 1.82) is 0 Å². The summed E-state index contributed by atoms with van der Waals surface area (Å²) in [6.45, 7) is 1.20. The predicted molar refractivity (Wildman–Crippen MR) is 65.2 cm³/mol. The van der Waals surface area contributed by atoms with Crippen molar-refractivity contribution in [2.75, 3.05) is 0 Å². The van der Waals surface area contributed by atoms with E-state index in [-0.39, 0.29) is 6.42 Å². The van der Waals surface area contributed by atoms with Crippen molar-refractivity contribution >= 4 is 22.8 Å². The van der Waals surface area contributed by atoms with E-state index in [0.29, 0.717) is 0 Å². The number of carbonyl (C=O) groups is 2. The lowest BCUT2D eigenvalue weighted by molar-refractivity contribution is -0.162. The Morgan fingerprint density at radius 3 is 2.78 bits per heavy atom. The Labute approximate surface area is 103 Å². The van der Waals surface area contributed by atoms with Gasteiger partial charge in [-0.1, -0.05) is 18.2 Å². The number of rotatable bonds is 4. The normalized spacial score (nSPS) is 12.3. The molecule has 0 aliphatic rings. The highest BCUT2D eigenvalue weighted by molar-refractivity contribution is 5.84.